The number of hydrogen-bond acceptors (Lipinski definition) is 5. The fraction of sp³-hybridized carbons (Fsp3) is 0.381. The Hall–Kier alpha value is -2.26. The molecule has 1 aliphatic rings. The molecular formula is C21H26N2O5S. The number of aliphatic hydroxyl groups is 1. The maximum Gasteiger partial charge on any atom is 0.249 e. The van der Waals surface area contributed by atoms with E-state index in [4.69, 9.17) is 10.5 Å². The van der Waals surface area contributed by atoms with E-state index in [9.17, 15) is 18.3 Å². The monoisotopic (exact) mass is 418 g/mol. The first-order valence-electron chi connectivity index (χ1n) is 9.46. The van der Waals surface area contributed by atoms with Crippen LogP contribution >= 0.6 is 0 Å². The first kappa shape index (κ1) is 21.4. The summed E-state index contributed by atoms with van der Waals surface area (Å²) in [5.74, 6) is -0.518. The van der Waals surface area contributed by atoms with Crippen molar-refractivity contribution in [1.82, 2.24) is 4.72 Å². The zero-order valence-corrected chi connectivity index (χ0v) is 17.3. The van der Waals surface area contributed by atoms with Gasteiger partial charge in [0.25, 0.3) is 0 Å². The van der Waals surface area contributed by atoms with Crippen molar-refractivity contribution in [1.29, 1.82) is 0 Å². The van der Waals surface area contributed by atoms with Crippen LogP contribution in [-0.4, -0.2) is 43.9 Å². The summed E-state index contributed by atoms with van der Waals surface area (Å²) in [4.78, 5) is 11.7. The number of ether oxygens (including phenoxy) is 1. The van der Waals surface area contributed by atoms with Gasteiger partial charge in [0.2, 0.25) is 15.9 Å². The van der Waals surface area contributed by atoms with E-state index in [1.807, 2.05) is 6.07 Å². The van der Waals surface area contributed by atoms with Gasteiger partial charge in [0.15, 0.2) is 0 Å². The van der Waals surface area contributed by atoms with Crippen LogP contribution in [0.1, 0.15) is 36.2 Å². The number of nitrogens with two attached hydrogens (primary N) is 1. The average Bonchev–Trinajstić information content (AvgIpc) is 2.69. The van der Waals surface area contributed by atoms with Crippen LogP contribution in [0.2, 0.25) is 0 Å². The Balaban J connectivity index is 1.94. The van der Waals surface area contributed by atoms with Crippen molar-refractivity contribution >= 4 is 15.9 Å². The van der Waals surface area contributed by atoms with Crippen LogP contribution < -0.4 is 10.5 Å². The smallest absolute Gasteiger partial charge is 0.249 e. The van der Waals surface area contributed by atoms with Gasteiger partial charge in [-0.1, -0.05) is 42.5 Å². The van der Waals surface area contributed by atoms with Crippen molar-refractivity contribution in [3.63, 3.8) is 0 Å². The highest BCUT2D eigenvalue weighted by Crippen LogP contribution is 2.34. The summed E-state index contributed by atoms with van der Waals surface area (Å²) in [6.45, 7) is 3.56. The molecule has 0 saturated carbocycles. The average molecular weight is 419 g/mol. The molecule has 156 valence electrons. The molecule has 8 heteroatoms. The number of rotatable bonds is 6. The molecule has 2 aromatic rings. The van der Waals surface area contributed by atoms with Gasteiger partial charge in [0.1, 0.15) is 5.60 Å². The second kappa shape index (κ2) is 8.23. The molecule has 0 bridgehead atoms. The molecule has 1 fully saturated rings. The first-order chi connectivity index (χ1) is 13.6. The third-order valence-corrected chi connectivity index (χ3v) is 7.16. The van der Waals surface area contributed by atoms with E-state index in [0.717, 1.165) is 5.56 Å². The molecule has 0 aliphatic carbocycles. The molecule has 0 spiro atoms. The topological polar surface area (TPSA) is 119 Å². The van der Waals surface area contributed by atoms with E-state index >= 15 is 0 Å². The lowest BCUT2D eigenvalue weighted by Gasteiger charge is -2.40. The zero-order valence-electron chi connectivity index (χ0n) is 16.5. The van der Waals surface area contributed by atoms with Crippen LogP contribution in [-0.2, 0) is 20.4 Å². The molecule has 1 heterocycles. The van der Waals surface area contributed by atoms with Gasteiger partial charge in [-0.05, 0) is 36.6 Å². The molecular weight excluding hydrogens is 392 g/mol. The number of carbonyl (C=O) groups is 1. The van der Waals surface area contributed by atoms with Crippen LogP contribution in [0.3, 0.4) is 0 Å². The first-order valence-corrected chi connectivity index (χ1v) is 11.0. The predicted octanol–water partition coefficient (Wildman–Crippen LogP) is 1.76. The molecule has 0 aromatic heterocycles. The lowest BCUT2D eigenvalue weighted by atomic mass is 9.82. The minimum atomic E-state index is -3.58. The van der Waals surface area contributed by atoms with E-state index in [1.54, 1.807) is 56.3 Å². The number of sulfonamides is 1. The number of hydrogen-bond donors (Lipinski definition) is 3. The van der Waals surface area contributed by atoms with Crippen LogP contribution in [0.4, 0.5) is 0 Å². The lowest BCUT2D eigenvalue weighted by Crippen LogP contribution is -2.57. The van der Waals surface area contributed by atoms with E-state index in [-0.39, 0.29) is 13.0 Å². The molecule has 4 N–H and O–H groups in total. The van der Waals surface area contributed by atoms with Crippen molar-refractivity contribution < 1.29 is 23.1 Å². The van der Waals surface area contributed by atoms with Gasteiger partial charge in [-0.15, -0.1) is 0 Å². The quantitative estimate of drug-likeness (QED) is 0.660. The van der Waals surface area contributed by atoms with Gasteiger partial charge < -0.3 is 15.6 Å². The second-order valence-corrected chi connectivity index (χ2v) is 9.77. The highest BCUT2D eigenvalue weighted by molar-refractivity contribution is 7.90. The molecule has 1 amide bonds. The maximum atomic E-state index is 12.3. The summed E-state index contributed by atoms with van der Waals surface area (Å²) in [6, 6.07) is 13.3. The van der Waals surface area contributed by atoms with E-state index < -0.39 is 32.8 Å². The zero-order chi connectivity index (χ0) is 21.2. The highest BCUT2D eigenvalue weighted by Gasteiger charge is 2.43. The van der Waals surface area contributed by atoms with Crippen molar-refractivity contribution in [2.24, 2.45) is 5.73 Å². The fourth-order valence-corrected chi connectivity index (χ4v) is 4.37. The number of nitrogens with one attached hydrogen (secondary N) is 1. The predicted molar refractivity (Wildman–Crippen MR) is 111 cm³/mol. The SMILES string of the molecule is CC(C)S(=O)(=O)N[C@H]1COCC[C@@]1(O)c1ccc(-c2ccccc2C(N)=O)cc1. The standard InChI is InChI=1S/C21H26N2O5S/c1-14(2)29(26,27)23-19-13-28-12-11-21(19,25)16-9-7-15(8-10-16)17-5-3-4-6-18(17)20(22)24/h3-10,14,19,23,25H,11-13H2,1-2H3,(H2,22,24)/t19-,21+/m0/s1. The van der Waals surface area contributed by atoms with E-state index in [1.165, 1.54) is 0 Å². The van der Waals surface area contributed by atoms with Gasteiger partial charge in [-0.3, -0.25) is 4.79 Å². The van der Waals surface area contributed by atoms with Crippen molar-refractivity contribution in [3.05, 3.63) is 59.7 Å². The summed E-state index contributed by atoms with van der Waals surface area (Å²) in [5.41, 5.74) is 6.53. The summed E-state index contributed by atoms with van der Waals surface area (Å²) in [7, 11) is -3.58. The number of primary amides is 1. The minimum Gasteiger partial charge on any atom is -0.383 e. The molecule has 3 rings (SSSR count). The second-order valence-electron chi connectivity index (χ2n) is 7.50. The van der Waals surface area contributed by atoms with Gasteiger partial charge in [-0.2, -0.15) is 0 Å². The third-order valence-electron chi connectivity index (χ3n) is 5.30. The summed E-state index contributed by atoms with van der Waals surface area (Å²) in [6.07, 6.45) is 0.259. The molecule has 2 atom stereocenters. The normalized spacial score (nSPS) is 22.6. The fourth-order valence-electron chi connectivity index (χ4n) is 3.44. The lowest BCUT2D eigenvalue weighted by molar-refractivity contribution is -0.0898. The van der Waals surface area contributed by atoms with Gasteiger partial charge in [-0.25, -0.2) is 13.1 Å². The molecule has 1 aliphatic heterocycles. The minimum absolute atomic E-state index is 0.0781. The Bertz CT molecular complexity index is 988. The van der Waals surface area contributed by atoms with Gasteiger partial charge >= 0.3 is 0 Å². The molecule has 7 nitrogen and oxygen atoms in total. The van der Waals surface area contributed by atoms with Crippen molar-refractivity contribution in [2.45, 2.75) is 37.2 Å². The Morgan fingerprint density at radius 1 is 1.21 bits per heavy atom. The molecule has 2 aromatic carbocycles. The Labute approximate surface area is 170 Å². The van der Waals surface area contributed by atoms with Crippen LogP contribution in [0.5, 0.6) is 0 Å². The molecule has 0 radical (unpaired) electrons. The third kappa shape index (κ3) is 4.35. The van der Waals surface area contributed by atoms with E-state index in [2.05, 4.69) is 4.72 Å². The summed E-state index contributed by atoms with van der Waals surface area (Å²) < 4.78 is 32.7. The highest BCUT2D eigenvalue weighted by atomic mass is 32.2. The van der Waals surface area contributed by atoms with Crippen LogP contribution in [0.15, 0.2) is 48.5 Å². The number of benzene rings is 2. The molecule has 0 unspecified atom stereocenters. The Morgan fingerprint density at radius 3 is 2.48 bits per heavy atom. The van der Waals surface area contributed by atoms with Gasteiger partial charge in [0, 0.05) is 18.6 Å². The van der Waals surface area contributed by atoms with Crippen LogP contribution in [0.25, 0.3) is 11.1 Å². The van der Waals surface area contributed by atoms with Crippen LogP contribution in [0, 0.1) is 0 Å². The summed E-state index contributed by atoms with van der Waals surface area (Å²) in [5, 5.41) is 10.7. The number of carbonyl (C=O) groups excluding carboxylic acids is 1. The van der Waals surface area contributed by atoms with E-state index in [0.29, 0.717) is 23.3 Å². The molecule has 29 heavy (non-hydrogen) atoms. The Kier molecular flexibility index (Phi) is 6.09. The number of amides is 1. The maximum absolute atomic E-state index is 12.3. The summed E-state index contributed by atoms with van der Waals surface area (Å²) >= 11 is 0. The molecule has 1 saturated heterocycles. The van der Waals surface area contributed by atoms with Crippen molar-refractivity contribution in [3.8, 4) is 11.1 Å². The Morgan fingerprint density at radius 2 is 1.86 bits per heavy atom. The van der Waals surface area contributed by atoms with Crippen molar-refractivity contribution in [2.75, 3.05) is 13.2 Å². The van der Waals surface area contributed by atoms with Gasteiger partial charge in [0.05, 0.1) is 17.9 Å². The largest absolute Gasteiger partial charge is 0.383 e.